The van der Waals surface area contributed by atoms with E-state index in [0.717, 1.165) is 24.1 Å². The third-order valence-corrected chi connectivity index (χ3v) is 3.37. The molecule has 0 radical (unpaired) electrons. The van der Waals surface area contributed by atoms with Gasteiger partial charge in [-0.1, -0.05) is 13.0 Å². The topological polar surface area (TPSA) is 18.5 Å². The van der Waals surface area contributed by atoms with E-state index in [0.29, 0.717) is 11.3 Å². The van der Waals surface area contributed by atoms with Gasteiger partial charge in [0.2, 0.25) is 0 Å². The van der Waals surface area contributed by atoms with Crippen molar-refractivity contribution in [3.05, 3.63) is 53.1 Å². The molecule has 0 saturated carbocycles. The van der Waals surface area contributed by atoms with Crippen LogP contribution in [0.3, 0.4) is 0 Å². The molecule has 2 rings (SSSR count). The van der Waals surface area contributed by atoms with E-state index in [-0.39, 0.29) is 11.6 Å². The minimum atomic E-state index is -0.799. The Balaban J connectivity index is 2.38. The first-order chi connectivity index (χ1) is 10.1. The van der Waals surface area contributed by atoms with Crippen LogP contribution in [0.2, 0.25) is 0 Å². The van der Waals surface area contributed by atoms with Gasteiger partial charge in [0, 0.05) is 5.88 Å². The van der Waals surface area contributed by atoms with E-state index >= 15 is 0 Å². The molecule has 0 amide bonds. The van der Waals surface area contributed by atoms with Crippen LogP contribution in [0.25, 0.3) is 0 Å². The predicted octanol–water partition coefficient (Wildman–Crippen LogP) is 5.07. The van der Waals surface area contributed by atoms with E-state index in [1.54, 1.807) is 12.1 Å². The maximum Gasteiger partial charge on any atom is 0.198 e. The Morgan fingerprint density at radius 1 is 1.00 bits per heavy atom. The van der Waals surface area contributed by atoms with Crippen LogP contribution in [0.5, 0.6) is 17.2 Å². The fraction of sp³-hybridized carbons (Fsp3) is 0.250. The second-order valence-electron chi connectivity index (χ2n) is 4.46. The summed E-state index contributed by atoms with van der Waals surface area (Å²) in [6, 6.07) is 7.53. The third-order valence-electron chi connectivity index (χ3n) is 3.06. The highest BCUT2D eigenvalue weighted by atomic mass is 35.5. The molecule has 0 spiro atoms. The highest BCUT2D eigenvalue weighted by Gasteiger charge is 2.16. The minimum absolute atomic E-state index is 0.0304. The van der Waals surface area contributed by atoms with Crippen LogP contribution in [-0.4, -0.2) is 7.11 Å². The molecule has 0 N–H and O–H groups in total. The number of methoxy groups -OCH3 is 1. The zero-order valence-corrected chi connectivity index (χ0v) is 12.5. The lowest BCUT2D eigenvalue weighted by atomic mass is 10.1. The standard InChI is InChI=1S/C16H15ClF2O2/c1-3-10-4-5-14(15(8-10)20-2)21-16-12(18)6-11(9-17)7-13(16)19/h4-8H,3,9H2,1-2H3. The summed E-state index contributed by atoms with van der Waals surface area (Å²) in [4.78, 5) is 0. The van der Waals surface area contributed by atoms with Crippen molar-refractivity contribution in [3.63, 3.8) is 0 Å². The molecule has 2 aromatic rings. The van der Waals surface area contributed by atoms with E-state index in [4.69, 9.17) is 21.1 Å². The van der Waals surface area contributed by atoms with E-state index in [9.17, 15) is 8.78 Å². The molecule has 0 atom stereocenters. The van der Waals surface area contributed by atoms with Crippen molar-refractivity contribution in [1.82, 2.24) is 0 Å². The maximum atomic E-state index is 13.9. The first-order valence-electron chi connectivity index (χ1n) is 6.47. The van der Waals surface area contributed by atoms with Crippen molar-refractivity contribution in [2.24, 2.45) is 0 Å². The first kappa shape index (κ1) is 15.6. The average Bonchev–Trinajstić information content (AvgIpc) is 2.50. The number of rotatable bonds is 5. The number of ether oxygens (including phenoxy) is 2. The van der Waals surface area contributed by atoms with Crippen molar-refractivity contribution >= 4 is 11.6 Å². The van der Waals surface area contributed by atoms with E-state index in [1.165, 1.54) is 7.11 Å². The number of halogens is 3. The molecular formula is C16H15ClF2O2. The number of alkyl halides is 1. The molecule has 21 heavy (non-hydrogen) atoms. The summed E-state index contributed by atoms with van der Waals surface area (Å²) in [6.45, 7) is 2.00. The maximum absolute atomic E-state index is 13.9. The summed E-state index contributed by atoms with van der Waals surface area (Å²) in [6.07, 6.45) is 0.823. The summed E-state index contributed by atoms with van der Waals surface area (Å²) >= 11 is 5.57. The Morgan fingerprint density at radius 3 is 2.19 bits per heavy atom. The Hall–Kier alpha value is -1.81. The molecule has 2 nitrogen and oxygen atoms in total. The first-order valence-corrected chi connectivity index (χ1v) is 7.01. The molecule has 0 fully saturated rings. The quantitative estimate of drug-likeness (QED) is 0.718. The van der Waals surface area contributed by atoms with Gasteiger partial charge in [-0.05, 0) is 41.8 Å². The second kappa shape index (κ2) is 6.76. The fourth-order valence-electron chi connectivity index (χ4n) is 1.91. The number of aryl methyl sites for hydroxylation is 1. The van der Waals surface area contributed by atoms with Crippen LogP contribution in [0.4, 0.5) is 8.78 Å². The normalized spacial score (nSPS) is 10.5. The summed E-state index contributed by atoms with van der Waals surface area (Å²) in [5.74, 6) is -1.35. The third kappa shape index (κ3) is 3.45. The predicted molar refractivity (Wildman–Crippen MR) is 78.4 cm³/mol. The largest absolute Gasteiger partial charge is 0.493 e. The van der Waals surface area contributed by atoms with Crippen molar-refractivity contribution in [3.8, 4) is 17.2 Å². The number of hydrogen-bond acceptors (Lipinski definition) is 2. The van der Waals surface area contributed by atoms with Crippen molar-refractivity contribution in [2.75, 3.05) is 7.11 Å². The summed E-state index contributed by atoms with van der Waals surface area (Å²) in [7, 11) is 1.48. The van der Waals surface area contributed by atoms with E-state index in [2.05, 4.69) is 0 Å². The number of benzene rings is 2. The summed E-state index contributed by atoms with van der Waals surface area (Å²) in [5, 5.41) is 0. The molecule has 0 unspecified atom stereocenters. The zero-order valence-electron chi connectivity index (χ0n) is 11.8. The van der Waals surface area contributed by atoms with Gasteiger partial charge in [0.1, 0.15) is 0 Å². The molecule has 0 aromatic heterocycles. The Kier molecular flexibility index (Phi) is 5.02. The van der Waals surface area contributed by atoms with Gasteiger partial charge in [0.05, 0.1) is 7.11 Å². The Morgan fingerprint density at radius 2 is 1.67 bits per heavy atom. The van der Waals surface area contributed by atoms with Gasteiger partial charge in [-0.2, -0.15) is 0 Å². The highest BCUT2D eigenvalue weighted by molar-refractivity contribution is 6.17. The fourth-order valence-corrected chi connectivity index (χ4v) is 2.07. The van der Waals surface area contributed by atoms with Crippen LogP contribution in [0.1, 0.15) is 18.1 Å². The van der Waals surface area contributed by atoms with Crippen LogP contribution < -0.4 is 9.47 Å². The number of hydrogen-bond donors (Lipinski definition) is 0. The van der Waals surface area contributed by atoms with Crippen molar-refractivity contribution in [1.29, 1.82) is 0 Å². The lowest BCUT2D eigenvalue weighted by molar-refractivity contribution is 0.359. The highest BCUT2D eigenvalue weighted by Crippen LogP contribution is 2.35. The van der Waals surface area contributed by atoms with Crippen molar-refractivity contribution < 1.29 is 18.3 Å². The monoisotopic (exact) mass is 312 g/mol. The molecule has 0 heterocycles. The molecular weight excluding hydrogens is 298 g/mol. The summed E-state index contributed by atoms with van der Waals surface area (Å²) < 4.78 is 38.3. The average molecular weight is 313 g/mol. The summed E-state index contributed by atoms with van der Waals surface area (Å²) in [5.41, 5.74) is 1.39. The SMILES string of the molecule is CCc1ccc(Oc2c(F)cc(CCl)cc2F)c(OC)c1. The van der Waals surface area contributed by atoms with Crippen LogP contribution in [-0.2, 0) is 12.3 Å². The smallest absolute Gasteiger partial charge is 0.198 e. The molecule has 0 bridgehead atoms. The molecule has 112 valence electrons. The van der Waals surface area contributed by atoms with Gasteiger partial charge in [-0.3, -0.25) is 0 Å². The van der Waals surface area contributed by atoms with Gasteiger partial charge in [-0.15, -0.1) is 11.6 Å². The van der Waals surface area contributed by atoms with Gasteiger partial charge in [0.15, 0.2) is 28.9 Å². The van der Waals surface area contributed by atoms with Crippen LogP contribution in [0.15, 0.2) is 30.3 Å². The Labute approximate surface area is 127 Å². The van der Waals surface area contributed by atoms with E-state index in [1.807, 2.05) is 13.0 Å². The Bertz CT molecular complexity index is 621. The van der Waals surface area contributed by atoms with Gasteiger partial charge < -0.3 is 9.47 Å². The molecule has 0 aliphatic rings. The van der Waals surface area contributed by atoms with Gasteiger partial charge in [-0.25, -0.2) is 8.78 Å². The zero-order chi connectivity index (χ0) is 15.4. The lowest BCUT2D eigenvalue weighted by Gasteiger charge is -2.13. The lowest BCUT2D eigenvalue weighted by Crippen LogP contribution is -1.97. The molecule has 5 heteroatoms. The molecule has 0 aliphatic carbocycles. The van der Waals surface area contributed by atoms with Crippen molar-refractivity contribution in [2.45, 2.75) is 19.2 Å². The molecule has 2 aromatic carbocycles. The molecule has 0 aliphatic heterocycles. The second-order valence-corrected chi connectivity index (χ2v) is 4.73. The van der Waals surface area contributed by atoms with E-state index < -0.39 is 17.4 Å². The van der Waals surface area contributed by atoms with Crippen LogP contribution >= 0.6 is 11.6 Å². The van der Waals surface area contributed by atoms with Gasteiger partial charge >= 0.3 is 0 Å². The molecule has 0 saturated heterocycles. The van der Waals surface area contributed by atoms with Crippen LogP contribution in [0, 0.1) is 11.6 Å². The minimum Gasteiger partial charge on any atom is -0.493 e. The van der Waals surface area contributed by atoms with Gasteiger partial charge in [0.25, 0.3) is 0 Å².